The number of hydrogen-bond donors (Lipinski definition) is 0. The van der Waals surface area contributed by atoms with Crippen molar-refractivity contribution in [1.82, 2.24) is 0 Å². The Hall–Kier alpha value is -8.79. The first-order chi connectivity index (χ1) is 32.7. The minimum atomic E-state index is 0.903. The average molecular weight is 845 g/mol. The zero-order chi connectivity index (χ0) is 44.1. The van der Waals surface area contributed by atoms with Gasteiger partial charge in [-0.05, 0) is 105 Å². The van der Waals surface area contributed by atoms with Crippen LogP contribution in [-0.4, -0.2) is 6.21 Å². The maximum atomic E-state index is 6.15. The summed E-state index contributed by atoms with van der Waals surface area (Å²) in [4.78, 5) is 7.35. The molecule has 10 aromatic carbocycles. The van der Waals surface area contributed by atoms with E-state index in [1.807, 2.05) is 24.4 Å². The topological polar surface area (TPSA) is 28.7 Å². The van der Waals surface area contributed by atoms with Crippen molar-refractivity contribution in [3.63, 3.8) is 0 Å². The number of aliphatic imine (C=N–C) groups is 1. The summed E-state index contributed by atoms with van der Waals surface area (Å²) < 4.78 is 6.15. The molecule has 11 aromatic rings. The van der Waals surface area contributed by atoms with Crippen molar-refractivity contribution in [1.29, 1.82) is 0 Å². The van der Waals surface area contributed by atoms with Crippen molar-refractivity contribution in [3.05, 3.63) is 265 Å². The van der Waals surface area contributed by atoms with Crippen LogP contribution in [0.15, 0.2) is 258 Å². The van der Waals surface area contributed by atoms with Crippen LogP contribution >= 0.6 is 0 Å². The van der Waals surface area contributed by atoms with Gasteiger partial charge in [0.2, 0.25) is 0 Å². The Bertz CT molecular complexity index is 3480. The summed E-state index contributed by atoms with van der Waals surface area (Å²) in [7, 11) is 0. The standard InChI is InChI=1S/C63H44N2O/c1-3-13-47(14-4-1)49-31-33-52(34-32-49)57-18-8-11-21-61(57)65(56-40-35-50(36-41-56)48-15-5-2-6-16-48)55-38-26-46(27-39-55)44-64-60-20-10-7-17-53(60)30-25-45-23-28-51(29-24-45)54-37-42-59-58-19-9-12-22-62(58)66-63(59)43-54/h1-44H/b30-25+,64-44?. The summed E-state index contributed by atoms with van der Waals surface area (Å²) >= 11 is 0. The Labute approximate surface area is 385 Å². The van der Waals surface area contributed by atoms with Gasteiger partial charge in [0.25, 0.3) is 0 Å². The van der Waals surface area contributed by atoms with E-state index in [1.54, 1.807) is 0 Å². The van der Waals surface area contributed by atoms with E-state index in [0.29, 0.717) is 0 Å². The Morgan fingerprint density at radius 2 is 0.848 bits per heavy atom. The number of fused-ring (bicyclic) bond motifs is 3. The summed E-state index contributed by atoms with van der Waals surface area (Å²) in [5.74, 6) is 0. The van der Waals surface area contributed by atoms with Crippen molar-refractivity contribution in [2.24, 2.45) is 4.99 Å². The third-order valence-electron chi connectivity index (χ3n) is 12.2. The maximum absolute atomic E-state index is 6.15. The molecule has 0 saturated carbocycles. The van der Waals surface area contributed by atoms with Gasteiger partial charge < -0.3 is 9.32 Å². The van der Waals surface area contributed by atoms with Gasteiger partial charge in [0.15, 0.2) is 0 Å². The molecule has 1 aromatic heterocycles. The highest BCUT2D eigenvalue weighted by Gasteiger charge is 2.18. The lowest BCUT2D eigenvalue weighted by Gasteiger charge is -2.28. The third-order valence-corrected chi connectivity index (χ3v) is 12.2. The van der Waals surface area contributed by atoms with E-state index in [1.165, 1.54) is 22.3 Å². The summed E-state index contributed by atoms with van der Waals surface area (Å²) in [6, 6.07) is 87.7. The second kappa shape index (κ2) is 18.1. The van der Waals surface area contributed by atoms with Crippen LogP contribution in [0, 0.1) is 0 Å². The largest absolute Gasteiger partial charge is 0.456 e. The van der Waals surface area contributed by atoms with E-state index in [0.717, 1.165) is 83.6 Å². The van der Waals surface area contributed by atoms with Crippen molar-refractivity contribution >= 4 is 63.1 Å². The lowest BCUT2D eigenvalue weighted by Crippen LogP contribution is -2.11. The molecule has 0 N–H and O–H groups in total. The maximum Gasteiger partial charge on any atom is 0.136 e. The molecule has 0 radical (unpaired) electrons. The Kier molecular flexibility index (Phi) is 11.0. The predicted octanol–water partition coefficient (Wildman–Crippen LogP) is 17.6. The molecule has 11 rings (SSSR count). The van der Waals surface area contributed by atoms with Crippen molar-refractivity contribution in [2.45, 2.75) is 0 Å². The molecule has 66 heavy (non-hydrogen) atoms. The Morgan fingerprint density at radius 3 is 1.58 bits per heavy atom. The molecule has 312 valence electrons. The summed E-state index contributed by atoms with van der Waals surface area (Å²) in [5.41, 5.74) is 18.5. The molecule has 0 amide bonds. The summed E-state index contributed by atoms with van der Waals surface area (Å²) in [6.07, 6.45) is 6.23. The van der Waals surface area contributed by atoms with Gasteiger partial charge in [0, 0.05) is 39.5 Å². The van der Waals surface area contributed by atoms with E-state index >= 15 is 0 Å². The number of rotatable bonds is 11. The minimum absolute atomic E-state index is 0.903. The smallest absolute Gasteiger partial charge is 0.136 e. The highest BCUT2D eigenvalue weighted by Crippen LogP contribution is 2.42. The van der Waals surface area contributed by atoms with Crippen LogP contribution in [-0.2, 0) is 0 Å². The highest BCUT2D eigenvalue weighted by molar-refractivity contribution is 6.06. The molecule has 0 unspecified atom stereocenters. The van der Waals surface area contributed by atoms with Gasteiger partial charge in [-0.25, -0.2) is 0 Å². The first-order valence-electron chi connectivity index (χ1n) is 22.3. The van der Waals surface area contributed by atoms with Crippen LogP contribution < -0.4 is 4.90 Å². The molecule has 0 bridgehead atoms. The molecule has 0 fully saturated rings. The molecule has 1 heterocycles. The van der Waals surface area contributed by atoms with Gasteiger partial charge in [0.1, 0.15) is 11.2 Å². The first kappa shape index (κ1) is 40.0. The molecular weight excluding hydrogens is 801 g/mol. The fourth-order valence-corrected chi connectivity index (χ4v) is 8.72. The first-order valence-corrected chi connectivity index (χ1v) is 22.3. The zero-order valence-electron chi connectivity index (χ0n) is 36.2. The van der Waals surface area contributed by atoms with Crippen molar-refractivity contribution in [2.75, 3.05) is 4.90 Å². The van der Waals surface area contributed by atoms with Crippen LogP contribution in [0.4, 0.5) is 22.7 Å². The normalized spacial score (nSPS) is 11.5. The Balaban J connectivity index is 0.853. The van der Waals surface area contributed by atoms with Crippen LogP contribution in [0.1, 0.15) is 16.7 Å². The molecule has 3 nitrogen and oxygen atoms in total. The van der Waals surface area contributed by atoms with E-state index in [-0.39, 0.29) is 0 Å². The van der Waals surface area contributed by atoms with Crippen LogP contribution in [0.25, 0.3) is 78.6 Å². The van der Waals surface area contributed by atoms with Crippen molar-refractivity contribution in [3.8, 4) is 44.5 Å². The molecule has 0 atom stereocenters. The monoisotopic (exact) mass is 844 g/mol. The fourth-order valence-electron chi connectivity index (χ4n) is 8.72. The van der Waals surface area contributed by atoms with E-state index in [4.69, 9.17) is 9.41 Å². The molecule has 3 heteroatoms. The number of para-hydroxylation sites is 3. The second-order valence-electron chi connectivity index (χ2n) is 16.4. The van der Waals surface area contributed by atoms with Gasteiger partial charge in [-0.2, -0.15) is 0 Å². The van der Waals surface area contributed by atoms with Crippen LogP contribution in [0.2, 0.25) is 0 Å². The molecule has 0 aliphatic rings. The van der Waals surface area contributed by atoms with Gasteiger partial charge in [-0.15, -0.1) is 0 Å². The van der Waals surface area contributed by atoms with E-state index in [2.05, 4.69) is 248 Å². The lowest BCUT2D eigenvalue weighted by molar-refractivity contribution is 0.669. The average Bonchev–Trinajstić information content (AvgIpc) is 3.77. The Morgan fingerprint density at radius 1 is 0.348 bits per heavy atom. The SMILES string of the molecule is C(=Nc1ccccc1/C=C/c1ccc(-c2ccc3c(c2)oc2ccccc23)cc1)c1ccc(N(c2ccc(-c3ccccc3)cc2)c2ccccc2-c2ccc(-c3ccccc3)cc2)cc1. The fraction of sp³-hybridized carbons (Fsp3) is 0. The molecule has 0 spiro atoms. The number of furan rings is 1. The second-order valence-corrected chi connectivity index (χ2v) is 16.4. The third kappa shape index (κ3) is 8.37. The summed E-state index contributed by atoms with van der Waals surface area (Å²) in [6.45, 7) is 0. The highest BCUT2D eigenvalue weighted by atomic mass is 16.3. The van der Waals surface area contributed by atoms with Gasteiger partial charge in [-0.3, -0.25) is 4.99 Å². The number of nitrogens with zero attached hydrogens (tertiary/aromatic N) is 2. The van der Waals surface area contributed by atoms with Crippen molar-refractivity contribution < 1.29 is 4.42 Å². The van der Waals surface area contributed by atoms with Gasteiger partial charge in [0.05, 0.1) is 11.4 Å². The minimum Gasteiger partial charge on any atom is -0.456 e. The van der Waals surface area contributed by atoms with Crippen LogP contribution in [0.5, 0.6) is 0 Å². The summed E-state index contributed by atoms with van der Waals surface area (Å²) in [5, 5.41) is 2.28. The van der Waals surface area contributed by atoms with Gasteiger partial charge in [-0.1, -0.05) is 206 Å². The molecular formula is C63H44N2O. The lowest BCUT2D eigenvalue weighted by atomic mass is 9.98. The predicted molar refractivity (Wildman–Crippen MR) is 279 cm³/mol. The number of hydrogen-bond acceptors (Lipinski definition) is 3. The zero-order valence-corrected chi connectivity index (χ0v) is 36.2. The van der Waals surface area contributed by atoms with Crippen LogP contribution in [0.3, 0.4) is 0 Å². The molecule has 0 aliphatic heterocycles. The molecule has 0 saturated heterocycles. The quantitative estimate of drug-likeness (QED) is 0.0958. The number of anilines is 3. The number of benzene rings is 10. The van der Waals surface area contributed by atoms with E-state index in [9.17, 15) is 0 Å². The molecule has 0 aliphatic carbocycles. The van der Waals surface area contributed by atoms with Gasteiger partial charge >= 0.3 is 0 Å². The van der Waals surface area contributed by atoms with E-state index < -0.39 is 0 Å².